The van der Waals surface area contributed by atoms with Gasteiger partial charge in [-0.15, -0.1) is 0 Å². The van der Waals surface area contributed by atoms with Gasteiger partial charge in [0.1, 0.15) is 0 Å². The minimum absolute atomic E-state index is 8.25. The van der Waals surface area contributed by atoms with Gasteiger partial charge in [-0.05, 0) is 0 Å². The molecule has 0 bridgehead atoms. The summed E-state index contributed by atoms with van der Waals surface area (Å²) in [4.78, 5) is 0. The zero-order valence-corrected chi connectivity index (χ0v) is 15.4. The van der Waals surface area contributed by atoms with E-state index in [2.05, 4.69) is 0 Å². The van der Waals surface area contributed by atoms with E-state index in [0.29, 0.717) is 0 Å². The molecule has 25 heteroatoms. The Hall–Kier alpha value is -1.56. The Kier molecular flexibility index (Phi) is 7.38. The van der Waals surface area contributed by atoms with E-state index in [1.807, 2.05) is 0 Å². The number of rotatable bonds is 7. The van der Waals surface area contributed by atoms with E-state index in [1.165, 1.54) is 0 Å². The van der Waals surface area contributed by atoms with Gasteiger partial charge >= 0.3 is 58.8 Å². The van der Waals surface area contributed by atoms with Crippen molar-refractivity contribution in [3.8, 4) is 0 Å². The van der Waals surface area contributed by atoms with Crippen LogP contribution in [0.2, 0.25) is 0 Å². The smallest absolute Gasteiger partial charge is 0.285 e. The maximum Gasteiger partial charge on any atom is 0.459 e. The van der Waals surface area contributed by atoms with Crippen LogP contribution >= 0.6 is 0 Å². The highest BCUT2D eigenvalue weighted by Crippen LogP contribution is 2.70. The minimum atomic E-state index is -9.93. The molecule has 0 aliphatic heterocycles. The van der Waals surface area contributed by atoms with E-state index in [1.54, 1.807) is 0 Å². The summed E-state index contributed by atoms with van der Waals surface area (Å²) in [5.41, 5.74) is 0. The predicted octanol–water partition coefficient (Wildman–Crippen LogP) is 6.11. The largest absolute Gasteiger partial charge is 0.459 e. The van der Waals surface area contributed by atoms with Gasteiger partial charge in [0.15, 0.2) is 0 Å². The first-order valence-electron chi connectivity index (χ1n) is 6.94. The van der Waals surface area contributed by atoms with Crippen molar-refractivity contribution < 1.29 is 105 Å². The molecule has 0 fully saturated rings. The van der Waals surface area contributed by atoms with Crippen LogP contribution in [0.3, 0.4) is 0 Å². The molecule has 3 nitrogen and oxygen atoms in total. The third kappa shape index (κ3) is 3.84. The Morgan fingerprint density at radius 3 is 0.571 bits per heavy atom. The van der Waals surface area contributed by atoms with E-state index in [-0.39, 0.29) is 0 Å². The molecule has 35 heavy (non-hydrogen) atoms. The predicted molar refractivity (Wildman–Crippen MR) is 62.1 cm³/mol. The van der Waals surface area contributed by atoms with Crippen molar-refractivity contribution in [3.63, 3.8) is 0 Å². The van der Waals surface area contributed by atoms with Crippen LogP contribution < -0.4 is 0 Å². The Morgan fingerprint density at radius 1 is 0.343 bits per heavy atom. The van der Waals surface area contributed by atoms with Crippen LogP contribution in [0, 0.1) is 0 Å². The van der Waals surface area contributed by atoms with Crippen LogP contribution in [0.25, 0.3) is 0 Å². The topological polar surface area (TPSA) is 54.4 Å². The van der Waals surface area contributed by atoms with Crippen LogP contribution in [0.5, 0.6) is 0 Å². The van der Waals surface area contributed by atoms with Gasteiger partial charge in [0.05, 0.1) is 0 Å². The SMILES string of the molecule is O=S(=O)(O)C(C(F)(F)C(F)(F)C(F)(F)F)(C(F)(F)C(F)(F)C(F)(F)F)C(F)(F)C(F)(F)C(F)(F)F. The summed E-state index contributed by atoms with van der Waals surface area (Å²) in [7, 11) is -9.82. The first-order chi connectivity index (χ1) is 14.5. The van der Waals surface area contributed by atoms with Crippen molar-refractivity contribution in [2.45, 2.75) is 58.8 Å². The van der Waals surface area contributed by atoms with Crippen LogP contribution in [0.1, 0.15) is 0 Å². The monoisotopic (exact) mass is 600 g/mol. The first-order valence-corrected chi connectivity index (χ1v) is 8.38. The summed E-state index contributed by atoms with van der Waals surface area (Å²) >= 11 is 0. The Bertz CT molecular complexity index is 810. The molecular weight excluding hydrogens is 599 g/mol. The molecule has 1 N–H and O–H groups in total. The van der Waals surface area contributed by atoms with Gasteiger partial charge in [0, 0.05) is 0 Å². The van der Waals surface area contributed by atoms with E-state index in [0.717, 1.165) is 0 Å². The molecule has 0 aromatic rings. The van der Waals surface area contributed by atoms with Gasteiger partial charge in [-0.25, -0.2) is 0 Å². The van der Waals surface area contributed by atoms with Gasteiger partial charge in [0.2, 0.25) is 0 Å². The molecule has 0 heterocycles. The number of hydrogen-bond donors (Lipinski definition) is 1. The van der Waals surface area contributed by atoms with Gasteiger partial charge in [-0.2, -0.15) is 101 Å². The Morgan fingerprint density at radius 2 is 0.486 bits per heavy atom. The van der Waals surface area contributed by atoms with E-state index in [9.17, 15) is 101 Å². The van der Waals surface area contributed by atoms with Gasteiger partial charge in [-0.1, -0.05) is 0 Å². The molecule has 0 aromatic heterocycles. The van der Waals surface area contributed by atoms with Gasteiger partial charge < -0.3 is 0 Å². The second-order valence-corrected chi connectivity index (χ2v) is 7.66. The first kappa shape index (κ1) is 33.4. The standard InChI is InChI=1S/C10HF21O3S/c11-2(12,5(17,18)8(23,24)25)1(35(32,33)34,3(13,14)6(19,20)9(26,27)28)4(15,16)7(21,22)10(29,30)31/h(H,32,33,34). The van der Waals surface area contributed by atoms with Crippen molar-refractivity contribution >= 4 is 10.1 Å². The maximum atomic E-state index is 14.0. The highest BCUT2D eigenvalue weighted by molar-refractivity contribution is 7.87. The van der Waals surface area contributed by atoms with Crippen molar-refractivity contribution in [1.82, 2.24) is 0 Å². The summed E-state index contributed by atoms with van der Waals surface area (Å²) in [5, 5.41) is 0. The molecule has 0 saturated heterocycles. The van der Waals surface area contributed by atoms with Gasteiger partial charge in [0.25, 0.3) is 10.1 Å². The van der Waals surface area contributed by atoms with Crippen LogP contribution in [-0.2, 0) is 10.1 Å². The summed E-state index contributed by atoms with van der Waals surface area (Å²) in [6, 6.07) is 0. The molecule has 212 valence electrons. The van der Waals surface area contributed by atoms with E-state index >= 15 is 0 Å². The highest BCUT2D eigenvalue weighted by Gasteiger charge is 3.04. The van der Waals surface area contributed by atoms with Crippen LogP contribution in [0.4, 0.5) is 92.2 Å². The molecule has 0 aliphatic carbocycles. The van der Waals surface area contributed by atoms with E-state index < -0.39 is 68.9 Å². The molecule has 0 amide bonds. The molecule has 0 atom stereocenters. The zero-order valence-electron chi connectivity index (χ0n) is 14.6. The lowest BCUT2D eigenvalue weighted by Gasteiger charge is -2.51. The normalized spacial score (nSPS) is 17.1. The fourth-order valence-corrected chi connectivity index (χ4v) is 3.63. The molecule has 0 saturated carbocycles. The average Bonchev–Trinajstić information content (AvgIpc) is 2.48. The molecule has 0 radical (unpaired) electrons. The minimum Gasteiger partial charge on any atom is -0.285 e. The van der Waals surface area contributed by atoms with Crippen molar-refractivity contribution in [3.05, 3.63) is 0 Å². The molecule has 0 aromatic carbocycles. The fourth-order valence-electron chi connectivity index (χ4n) is 2.27. The second kappa shape index (κ2) is 7.72. The van der Waals surface area contributed by atoms with Crippen LogP contribution in [0.15, 0.2) is 0 Å². The van der Waals surface area contributed by atoms with Crippen molar-refractivity contribution in [2.24, 2.45) is 0 Å². The zero-order chi connectivity index (χ0) is 29.5. The number of alkyl halides is 21. The summed E-state index contributed by atoms with van der Waals surface area (Å²) in [5.74, 6) is -56.8. The molecule has 0 rings (SSSR count). The number of hydrogen-bond acceptors (Lipinski definition) is 2. The summed E-state index contributed by atoms with van der Waals surface area (Å²) in [6.45, 7) is 0. The Balaban J connectivity index is 8.75. The fraction of sp³-hybridized carbons (Fsp3) is 1.00. The number of halogens is 21. The maximum absolute atomic E-state index is 14.0. The third-order valence-electron chi connectivity index (χ3n) is 3.96. The van der Waals surface area contributed by atoms with Crippen LogP contribution in [-0.4, -0.2) is 71.8 Å². The highest BCUT2D eigenvalue weighted by atomic mass is 32.2. The van der Waals surface area contributed by atoms with E-state index in [4.69, 9.17) is 4.55 Å². The molecule has 0 aliphatic rings. The second-order valence-electron chi connectivity index (χ2n) is 6.10. The Labute approximate surface area is 175 Å². The molecular formula is C10HF21O3S. The molecule has 0 unspecified atom stereocenters. The lowest BCUT2D eigenvalue weighted by molar-refractivity contribution is -0.449. The summed E-state index contributed by atoms with van der Waals surface area (Å²) in [6.07, 6.45) is -25.6. The van der Waals surface area contributed by atoms with Crippen molar-refractivity contribution in [2.75, 3.05) is 0 Å². The molecule has 0 spiro atoms. The average molecular weight is 600 g/mol. The lowest BCUT2D eigenvalue weighted by atomic mass is 9.77. The third-order valence-corrected chi connectivity index (χ3v) is 5.51. The summed E-state index contributed by atoms with van der Waals surface area (Å²) < 4.78 is 294. The van der Waals surface area contributed by atoms with Gasteiger partial charge in [-0.3, -0.25) is 4.55 Å². The quantitative estimate of drug-likeness (QED) is 0.284. The lowest BCUT2D eigenvalue weighted by Crippen LogP contribution is -2.86. The van der Waals surface area contributed by atoms with Crippen molar-refractivity contribution in [1.29, 1.82) is 0 Å².